The maximum absolute atomic E-state index is 5.73. The zero-order valence-corrected chi connectivity index (χ0v) is 12.8. The number of ether oxygens (including phenoxy) is 2. The summed E-state index contributed by atoms with van der Waals surface area (Å²) in [4.78, 5) is 0. The van der Waals surface area contributed by atoms with Crippen LogP contribution in [0.3, 0.4) is 0 Å². The maximum Gasteiger partial charge on any atom is 0.118 e. The molecule has 2 aromatic rings. The number of hydrogen-bond acceptors (Lipinski definition) is 2. The van der Waals surface area contributed by atoms with Crippen LogP contribution < -0.4 is 4.74 Å². The second kappa shape index (κ2) is 7.65. The van der Waals surface area contributed by atoms with Crippen molar-refractivity contribution in [1.82, 2.24) is 0 Å². The minimum atomic E-state index is 0.539. The van der Waals surface area contributed by atoms with Crippen molar-refractivity contribution in [2.45, 2.75) is 20.0 Å². The van der Waals surface area contributed by atoms with Crippen LogP contribution in [0.1, 0.15) is 23.6 Å². The van der Waals surface area contributed by atoms with Gasteiger partial charge < -0.3 is 9.47 Å². The molecule has 21 heavy (non-hydrogen) atoms. The molecule has 0 fully saturated rings. The highest BCUT2D eigenvalue weighted by Gasteiger charge is 2.01. The summed E-state index contributed by atoms with van der Waals surface area (Å²) in [6.45, 7) is 7.37. The third-order valence-corrected chi connectivity index (χ3v) is 3.47. The molecule has 0 aliphatic heterocycles. The van der Waals surface area contributed by atoms with Crippen molar-refractivity contribution in [3.63, 3.8) is 0 Å². The van der Waals surface area contributed by atoms with Crippen LogP contribution in [0.25, 0.3) is 5.57 Å². The fourth-order valence-corrected chi connectivity index (χ4v) is 2.07. The van der Waals surface area contributed by atoms with Crippen LogP contribution in [0.4, 0.5) is 0 Å². The Morgan fingerprint density at radius 3 is 2.14 bits per heavy atom. The van der Waals surface area contributed by atoms with E-state index in [1.165, 1.54) is 5.56 Å². The van der Waals surface area contributed by atoms with Crippen LogP contribution in [0.5, 0.6) is 5.75 Å². The standard InChI is InChI=1S/C19H22O2/c1-4-16-5-9-18(10-6-16)15(2)13-21-14-17-7-11-19(20-3)12-8-17/h5-12H,2,4,13-14H2,1,3H3. The Morgan fingerprint density at radius 1 is 0.952 bits per heavy atom. The molecule has 0 aromatic heterocycles. The monoisotopic (exact) mass is 282 g/mol. The van der Waals surface area contributed by atoms with Crippen LogP contribution >= 0.6 is 0 Å². The minimum absolute atomic E-state index is 0.539. The lowest BCUT2D eigenvalue weighted by Crippen LogP contribution is -1.98. The molecule has 0 saturated heterocycles. The van der Waals surface area contributed by atoms with Crippen molar-refractivity contribution in [3.8, 4) is 5.75 Å². The fraction of sp³-hybridized carbons (Fsp3) is 0.263. The highest BCUT2D eigenvalue weighted by atomic mass is 16.5. The van der Waals surface area contributed by atoms with Crippen molar-refractivity contribution in [3.05, 3.63) is 71.8 Å². The summed E-state index contributed by atoms with van der Waals surface area (Å²) < 4.78 is 10.9. The minimum Gasteiger partial charge on any atom is -0.497 e. The van der Waals surface area contributed by atoms with E-state index in [1.54, 1.807) is 7.11 Å². The van der Waals surface area contributed by atoms with Gasteiger partial charge in [-0.2, -0.15) is 0 Å². The average molecular weight is 282 g/mol. The molecule has 0 aliphatic carbocycles. The number of benzene rings is 2. The van der Waals surface area contributed by atoms with E-state index in [9.17, 15) is 0 Å². The molecule has 0 atom stereocenters. The van der Waals surface area contributed by atoms with Gasteiger partial charge in [-0.05, 0) is 40.8 Å². The Kier molecular flexibility index (Phi) is 5.59. The molecular formula is C19H22O2. The molecule has 2 aromatic carbocycles. The first-order valence-electron chi connectivity index (χ1n) is 7.20. The van der Waals surface area contributed by atoms with Gasteiger partial charge in [0.05, 0.1) is 20.3 Å². The van der Waals surface area contributed by atoms with E-state index in [-0.39, 0.29) is 0 Å². The molecule has 0 radical (unpaired) electrons. The molecule has 2 rings (SSSR count). The molecular weight excluding hydrogens is 260 g/mol. The highest BCUT2D eigenvalue weighted by molar-refractivity contribution is 5.64. The molecule has 0 bridgehead atoms. The largest absolute Gasteiger partial charge is 0.497 e. The van der Waals surface area contributed by atoms with Gasteiger partial charge in [0.1, 0.15) is 5.75 Å². The van der Waals surface area contributed by atoms with Crippen molar-refractivity contribution >= 4 is 5.57 Å². The molecule has 0 saturated carbocycles. The number of aryl methyl sites for hydroxylation is 1. The van der Waals surface area contributed by atoms with E-state index < -0.39 is 0 Å². The predicted octanol–water partition coefficient (Wildman–Crippen LogP) is 4.49. The number of rotatable bonds is 7. The average Bonchev–Trinajstić information content (AvgIpc) is 2.55. The second-order valence-corrected chi connectivity index (χ2v) is 4.99. The van der Waals surface area contributed by atoms with Gasteiger partial charge >= 0.3 is 0 Å². The topological polar surface area (TPSA) is 18.5 Å². The Hall–Kier alpha value is -2.06. The zero-order chi connectivity index (χ0) is 15.1. The van der Waals surface area contributed by atoms with Crippen LogP contribution in [0.2, 0.25) is 0 Å². The quantitative estimate of drug-likeness (QED) is 0.745. The zero-order valence-electron chi connectivity index (χ0n) is 12.8. The van der Waals surface area contributed by atoms with Crippen LogP contribution in [-0.4, -0.2) is 13.7 Å². The summed E-state index contributed by atoms with van der Waals surface area (Å²) in [5.74, 6) is 0.860. The van der Waals surface area contributed by atoms with Crippen molar-refractivity contribution in [2.75, 3.05) is 13.7 Å². The van der Waals surface area contributed by atoms with E-state index >= 15 is 0 Å². The van der Waals surface area contributed by atoms with Crippen molar-refractivity contribution < 1.29 is 9.47 Å². The number of methoxy groups -OCH3 is 1. The first-order chi connectivity index (χ1) is 10.2. The molecule has 0 N–H and O–H groups in total. The first kappa shape index (κ1) is 15.3. The smallest absolute Gasteiger partial charge is 0.118 e. The SMILES string of the molecule is C=C(COCc1ccc(OC)cc1)c1ccc(CC)cc1. The van der Waals surface area contributed by atoms with Gasteiger partial charge in [0, 0.05) is 0 Å². The summed E-state index contributed by atoms with van der Waals surface area (Å²) in [5.41, 5.74) is 4.61. The molecule has 0 spiro atoms. The van der Waals surface area contributed by atoms with Gasteiger partial charge in [-0.25, -0.2) is 0 Å². The van der Waals surface area contributed by atoms with Crippen LogP contribution in [0.15, 0.2) is 55.1 Å². The van der Waals surface area contributed by atoms with Gasteiger partial charge in [-0.1, -0.05) is 49.9 Å². The van der Waals surface area contributed by atoms with E-state index in [0.29, 0.717) is 13.2 Å². The highest BCUT2D eigenvalue weighted by Crippen LogP contribution is 2.16. The van der Waals surface area contributed by atoms with Crippen molar-refractivity contribution in [1.29, 1.82) is 0 Å². The van der Waals surface area contributed by atoms with Crippen molar-refractivity contribution in [2.24, 2.45) is 0 Å². The fourth-order valence-electron chi connectivity index (χ4n) is 2.07. The van der Waals surface area contributed by atoms with E-state index in [0.717, 1.165) is 28.9 Å². The first-order valence-corrected chi connectivity index (χ1v) is 7.20. The van der Waals surface area contributed by atoms with Gasteiger partial charge in [0.15, 0.2) is 0 Å². The van der Waals surface area contributed by atoms with E-state index in [4.69, 9.17) is 9.47 Å². The lowest BCUT2D eigenvalue weighted by atomic mass is 10.1. The molecule has 0 unspecified atom stereocenters. The molecule has 110 valence electrons. The lowest BCUT2D eigenvalue weighted by Gasteiger charge is -2.09. The molecule has 2 heteroatoms. The molecule has 0 aliphatic rings. The third kappa shape index (κ3) is 4.47. The van der Waals surface area contributed by atoms with Crippen LogP contribution in [0, 0.1) is 0 Å². The Balaban J connectivity index is 1.82. The molecule has 2 nitrogen and oxygen atoms in total. The Labute approximate surface area is 127 Å². The van der Waals surface area contributed by atoms with E-state index in [1.807, 2.05) is 24.3 Å². The number of hydrogen-bond donors (Lipinski definition) is 0. The van der Waals surface area contributed by atoms with Gasteiger partial charge in [0.2, 0.25) is 0 Å². The Bertz CT molecular complexity index is 568. The van der Waals surface area contributed by atoms with E-state index in [2.05, 4.69) is 37.8 Å². The summed E-state index contributed by atoms with van der Waals surface area (Å²) in [6, 6.07) is 16.4. The predicted molar refractivity (Wildman–Crippen MR) is 87.5 cm³/mol. The molecule has 0 heterocycles. The summed E-state index contributed by atoms with van der Waals surface area (Å²) >= 11 is 0. The second-order valence-electron chi connectivity index (χ2n) is 4.99. The van der Waals surface area contributed by atoms with Gasteiger partial charge in [0.25, 0.3) is 0 Å². The summed E-state index contributed by atoms with van der Waals surface area (Å²) in [6.07, 6.45) is 1.06. The van der Waals surface area contributed by atoms with Gasteiger partial charge in [-0.3, -0.25) is 0 Å². The third-order valence-electron chi connectivity index (χ3n) is 3.47. The summed E-state index contributed by atoms with van der Waals surface area (Å²) in [5, 5.41) is 0. The maximum atomic E-state index is 5.73. The normalized spacial score (nSPS) is 10.4. The Morgan fingerprint density at radius 2 is 1.57 bits per heavy atom. The van der Waals surface area contributed by atoms with Crippen LogP contribution in [-0.2, 0) is 17.8 Å². The molecule has 0 amide bonds. The van der Waals surface area contributed by atoms with Gasteiger partial charge in [-0.15, -0.1) is 0 Å². The lowest BCUT2D eigenvalue weighted by molar-refractivity contribution is 0.153. The summed E-state index contributed by atoms with van der Waals surface area (Å²) in [7, 11) is 1.67.